The van der Waals surface area contributed by atoms with E-state index in [0.29, 0.717) is 6.54 Å². The van der Waals surface area contributed by atoms with Gasteiger partial charge in [0.25, 0.3) is 0 Å². The fourth-order valence-electron chi connectivity index (χ4n) is 1.88. The van der Waals surface area contributed by atoms with Crippen LogP contribution in [-0.4, -0.2) is 24.4 Å². The minimum Gasteiger partial charge on any atom is -0.374 e. The Labute approximate surface area is 122 Å². The SMILES string of the molecule is CN(Cc1ccccc1)C(=O)CNc1ccc(F)cc1F. The molecule has 110 valence electrons. The maximum atomic E-state index is 13.4. The van der Waals surface area contributed by atoms with Crippen LogP contribution in [0.3, 0.4) is 0 Å². The average molecular weight is 290 g/mol. The standard InChI is InChI=1S/C16H16F2N2O/c1-20(11-12-5-3-2-4-6-12)16(21)10-19-15-8-7-13(17)9-14(15)18/h2-9,19H,10-11H2,1H3. The summed E-state index contributed by atoms with van der Waals surface area (Å²) < 4.78 is 26.2. The van der Waals surface area contributed by atoms with Crippen molar-refractivity contribution in [3.8, 4) is 0 Å². The molecule has 0 atom stereocenters. The lowest BCUT2D eigenvalue weighted by molar-refractivity contribution is -0.128. The zero-order chi connectivity index (χ0) is 15.2. The third kappa shape index (κ3) is 4.27. The van der Waals surface area contributed by atoms with Gasteiger partial charge in [0.05, 0.1) is 12.2 Å². The molecule has 2 rings (SSSR count). The first-order valence-corrected chi connectivity index (χ1v) is 6.53. The van der Waals surface area contributed by atoms with Crippen LogP contribution in [0.1, 0.15) is 5.56 Å². The number of hydrogen-bond acceptors (Lipinski definition) is 2. The molecule has 3 nitrogen and oxygen atoms in total. The lowest BCUT2D eigenvalue weighted by Crippen LogP contribution is -2.31. The molecule has 0 aliphatic carbocycles. The van der Waals surface area contributed by atoms with Crippen molar-refractivity contribution in [1.29, 1.82) is 0 Å². The summed E-state index contributed by atoms with van der Waals surface area (Å²) in [6.07, 6.45) is 0. The molecular weight excluding hydrogens is 274 g/mol. The smallest absolute Gasteiger partial charge is 0.241 e. The Hall–Kier alpha value is -2.43. The number of rotatable bonds is 5. The van der Waals surface area contributed by atoms with E-state index in [1.54, 1.807) is 11.9 Å². The van der Waals surface area contributed by atoms with Gasteiger partial charge in [0, 0.05) is 19.7 Å². The maximum Gasteiger partial charge on any atom is 0.241 e. The Morgan fingerprint density at radius 1 is 1.14 bits per heavy atom. The first-order chi connectivity index (χ1) is 10.1. The first kappa shape index (κ1) is 15.0. The second-order valence-corrected chi connectivity index (χ2v) is 4.71. The summed E-state index contributed by atoms with van der Waals surface area (Å²) in [6.45, 7) is 0.430. The summed E-state index contributed by atoms with van der Waals surface area (Å²) in [5, 5.41) is 2.67. The van der Waals surface area contributed by atoms with Crippen molar-refractivity contribution < 1.29 is 13.6 Å². The molecule has 0 aromatic heterocycles. The third-order valence-corrected chi connectivity index (χ3v) is 3.05. The minimum absolute atomic E-state index is 0.0497. The molecule has 0 radical (unpaired) electrons. The Kier molecular flexibility index (Phi) is 4.87. The van der Waals surface area contributed by atoms with Crippen LogP contribution in [0.5, 0.6) is 0 Å². The van der Waals surface area contributed by atoms with Crippen molar-refractivity contribution in [3.63, 3.8) is 0 Å². The highest BCUT2D eigenvalue weighted by Crippen LogP contribution is 2.14. The Morgan fingerprint density at radius 3 is 2.52 bits per heavy atom. The molecule has 1 N–H and O–H groups in total. The van der Waals surface area contributed by atoms with E-state index in [9.17, 15) is 13.6 Å². The van der Waals surface area contributed by atoms with Crippen molar-refractivity contribution in [2.75, 3.05) is 18.9 Å². The van der Waals surface area contributed by atoms with Crippen molar-refractivity contribution in [3.05, 3.63) is 65.7 Å². The fourth-order valence-corrected chi connectivity index (χ4v) is 1.88. The van der Waals surface area contributed by atoms with E-state index < -0.39 is 11.6 Å². The number of amides is 1. The Bertz CT molecular complexity index is 617. The predicted molar refractivity (Wildman–Crippen MR) is 77.8 cm³/mol. The number of carbonyl (C=O) groups excluding carboxylic acids is 1. The van der Waals surface area contributed by atoms with Gasteiger partial charge in [0.2, 0.25) is 5.91 Å². The normalized spacial score (nSPS) is 10.2. The third-order valence-electron chi connectivity index (χ3n) is 3.05. The minimum atomic E-state index is -0.714. The van der Waals surface area contributed by atoms with E-state index in [1.165, 1.54) is 6.07 Å². The molecule has 0 unspecified atom stereocenters. The van der Waals surface area contributed by atoms with Gasteiger partial charge in [-0.1, -0.05) is 30.3 Å². The molecule has 0 fully saturated rings. The summed E-state index contributed by atoms with van der Waals surface area (Å²) in [7, 11) is 1.68. The largest absolute Gasteiger partial charge is 0.374 e. The van der Waals surface area contributed by atoms with Gasteiger partial charge >= 0.3 is 0 Å². The summed E-state index contributed by atoms with van der Waals surface area (Å²) in [6, 6.07) is 12.8. The van der Waals surface area contributed by atoms with Gasteiger partial charge in [0.1, 0.15) is 11.6 Å². The molecule has 0 saturated heterocycles. The monoisotopic (exact) mass is 290 g/mol. The highest BCUT2D eigenvalue weighted by Gasteiger charge is 2.10. The van der Waals surface area contributed by atoms with E-state index in [2.05, 4.69) is 5.32 Å². The Morgan fingerprint density at radius 2 is 1.86 bits per heavy atom. The molecule has 0 aliphatic rings. The first-order valence-electron chi connectivity index (χ1n) is 6.53. The number of nitrogens with one attached hydrogen (secondary N) is 1. The summed E-state index contributed by atoms with van der Waals surface area (Å²) in [4.78, 5) is 13.5. The van der Waals surface area contributed by atoms with Gasteiger partial charge in [-0.15, -0.1) is 0 Å². The molecule has 0 heterocycles. The van der Waals surface area contributed by atoms with Crippen LogP contribution in [0.25, 0.3) is 0 Å². The van der Waals surface area contributed by atoms with Gasteiger partial charge in [-0.2, -0.15) is 0 Å². The van der Waals surface area contributed by atoms with E-state index in [4.69, 9.17) is 0 Å². The van der Waals surface area contributed by atoms with Gasteiger partial charge in [-0.05, 0) is 17.7 Å². The summed E-state index contributed by atoms with van der Waals surface area (Å²) >= 11 is 0. The van der Waals surface area contributed by atoms with Gasteiger partial charge < -0.3 is 10.2 Å². The number of carbonyl (C=O) groups is 1. The fraction of sp³-hybridized carbons (Fsp3) is 0.188. The lowest BCUT2D eigenvalue weighted by Gasteiger charge is -2.18. The summed E-state index contributed by atoms with van der Waals surface area (Å²) in [5.74, 6) is -1.54. The molecule has 5 heteroatoms. The number of likely N-dealkylation sites (N-methyl/N-ethyl adjacent to an activating group) is 1. The number of halogens is 2. The molecule has 21 heavy (non-hydrogen) atoms. The predicted octanol–water partition coefficient (Wildman–Crippen LogP) is 3.04. The van der Waals surface area contributed by atoms with E-state index in [0.717, 1.165) is 17.7 Å². The molecule has 0 aliphatic heterocycles. The summed E-state index contributed by atoms with van der Waals surface area (Å²) in [5.41, 5.74) is 1.12. The molecule has 1 amide bonds. The zero-order valence-electron chi connectivity index (χ0n) is 11.6. The molecule has 0 saturated carbocycles. The topological polar surface area (TPSA) is 32.3 Å². The van der Waals surface area contributed by atoms with E-state index in [1.807, 2.05) is 30.3 Å². The second kappa shape index (κ2) is 6.83. The van der Waals surface area contributed by atoms with Crippen molar-refractivity contribution in [2.24, 2.45) is 0 Å². The van der Waals surface area contributed by atoms with Crippen LogP contribution in [-0.2, 0) is 11.3 Å². The van der Waals surface area contributed by atoms with E-state index >= 15 is 0 Å². The molecule has 0 bridgehead atoms. The highest BCUT2D eigenvalue weighted by atomic mass is 19.1. The maximum absolute atomic E-state index is 13.4. The highest BCUT2D eigenvalue weighted by molar-refractivity contribution is 5.80. The van der Waals surface area contributed by atoms with Gasteiger partial charge in [-0.25, -0.2) is 8.78 Å². The van der Waals surface area contributed by atoms with Crippen molar-refractivity contribution >= 4 is 11.6 Å². The zero-order valence-corrected chi connectivity index (χ0v) is 11.6. The lowest BCUT2D eigenvalue weighted by atomic mass is 10.2. The van der Waals surface area contributed by atoms with Crippen molar-refractivity contribution in [2.45, 2.75) is 6.54 Å². The van der Waals surface area contributed by atoms with Crippen LogP contribution in [0, 0.1) is 11.6 Å². The molecule has 2 aromatic carbocycles. The van der Waals surface area contributed by atoms with Crippen LogP contribution in [0.4, 0.5) is 14.5 Å². The van der Waals surface area contributed by atoms with Crippen LogP contribution in [0.15, 0.2) is 48.5 Å². The molecule has 2 aromatic rings. The van der Waals surface area contributed by atoms with Gasteiger partial charge in [-0.3, -0.25) is 4.79 Å². The second-order valence-electron chi connectivity index (χ2n) is 4.71. The van der Waals surface area contributed by atoms with Crippen LogP contribution >= 0.6 is 0 Å². The van der Waals surface area contributed by atoms with Crippen LogP contribution in [0.2, 0.25) is 0 Å². The van der Waals surface area contributed by atoms with Crippen LogP contribution < -0.4 is 5.32 Å². The number of nitrogens with zero attached hydrogens (tertiary/aromatic N) is 1. The molecular formula is C16H16F2N2O. The Balaban J connectivity index is 1.89. The average Bonchev–Trinajstić information content (AvgIpc) is 2.47. The number of hydrogen-bond donors (Lipinski definition) is 1. The molecule has 0 spiro atoms. The van der Waals surface area contributed by atoms with Crippen molar-refractivity contribution in [1.82, 2.24) is 4.90 Å². The number of benzene rings is 2. The quantitative estimate of drug-likeness (QED) is 0.918. The van der Waals surface area contributed by atoms with Gasteiger partial charge in [0.15, 0.2) is 0 Å². The number of anilines is 1. The van der Waals surface area contributed by atoms with E-state index in [-0.39, 0.29) is 18.1 Å².